The van der Waals surface area contributed by atoms with Gasteiger partial charge in [-0.1, -0.05) is 25.1 Å². The molecule has 2 N–H and O–H groups in total. The van der Waals surface area contributed by atoms with Crippen LogP contribution in [-0.2, 0) is 14.8 Å². The molecule has 0 atom stereocenters. The summed E-state index contributed by atoms with van der Waals surface area (Å²) < 4.78 is 27.8. The van der Waals surface area contributed by atoms with Gasteiger partial charge in [0.05, 0.1) is 12.1 Å². The summed E-state index contributed by atoms with van der Waals surface area (Å²) in [5.74, 6) is -0.867. The van der Waals surface area contributed by atoms with E-state index in [4.69, 9.17) is 5.11 Å². The number of fused-ring (bicyclic) bond motifs is 1. The van der Waals surface area contributed by atoms with Crippen LogP contribution in [0.3, 0.4) is 0 Å². The van der Waals surface area contributed by atoms with Crippen LogP contribution in [0, 0.1) is 0 Å². The Morgan fingerprint density at radius 2 is 2.08 bits per heavy atom. The monoisotopic (exact) mass is 363 g/mol. The standard InChI is InChI=1S/C17H21N3O4S/c1-2-20(11-17(21)22)14-8-13(9-14)19-25(23,24)15-7-12-5-3-4-6-16(12)18-10-15/h3-7,10,13-14,19H,2,8-9,11H2,1H3,(H,21,22). The molecular weight excluding hydrogens is 342 g/mol. The van der Waals surface area contributed by atoms with E-state index in [1.165, 1.54) is 6.20 Å². The van der Waals surface area contributed by atoms with E-state index in [1.807, 2.05) is 36.1 Å². The Morgan fingerprint density at radius 3 is 2.76 bits per heavy atom. The molecule has 1 aliphatic carbocycles. The molecule has 8 heteroatoms. The second kappa shape index (κ2) is 7.07. The molecule has 0 bridgehead atoms. The minimum absolute atomic E-state index is 0.0186. The average Bonchev–Trinajstić information content (AvgIpc) is 2.55. The summed E-state index contributed by atoms with van der Waals surface area (Å²) in [6.45, 7) is 2.52. The second-order valence-corrected chi connectivity index (χ2v) is 7.98. The molecule has 1 heterocycles. The van der Waals surface area contributed by atoms with Crippen LogP contribution in [0.25, 0.3) is 10.9 Å². The molecule has 0 radical (unpaired) electrons. The lowest BCUT2D eigenvalue weighted by molar-refractivity contribution is -0.139. The molecule has 0 aliphatic heterocycles. The van der Waals surface area contributed by atoms with Crippen molar-refractivity contribution < 1.29 is 18.3 Å². The largest absolute Gasteiger partial charge is 0.480 e. The van der Waals surface area contributed by atoms with Crippen molar-refractivity contribution in [3.8, 4) is 0 Å². The van der Waals surface area contributed by atoms with Crippen molar-refractivity contribution in [1.29, 1.82) is 0 Å². The van der Waals surface area contributed by atoms with E-state index in [2.05, 4.69) is 9.71 Å². The number of carbonyl (C=O) groups is 1. The number of nitrogens with one attached hydrogen (secondary N) is 1. The molecule has 3 rings (SSSR count). The SMILES string of the molecule is CCN(CC(=O)O)C1CC(NS(=O)(=O)c2cnc3ccccc3c2)C1. The molecule has 2 aromatic rings. The maximum absolute atomic E-state index is 12.5. The molecule has 7 nitrogen and oxygen atoms in total. The van der Waals surface area contributed by atoms with E-state index in [-0.39, 0.29) is 23.5 Å². The highest BCUT2D eigenvalue weighted by Gasteiger charge is 2.36. The molecule has 0 unspecified atom stereocenters. The predicted molar refractivity (Wildman–Crippen MR) is 93.8 cm³/mol. The fraction of sp³-hybridized carbons (Fsp3) is 0.412. The number of hydrogen-bond acceptors (Lipinski definition) is 5. The number of carboxylic acid groups (broad SMARTS) is 1. The van der Waals surface area contributed by atoms with E-state index in [0.29, 0.717) is 19.4 Å². The van der Waals surface area contributed by atoms with E-state index in [0.717, 1.165) is 10.9 Å². The summed E-state index contributed by atoms with van der Waals surface area (Å²) in [6.07, 6.45) is 2.59. The van der Waals surface area contributed by atoms with Gasteiger partial charge in [-0.05, 0) is 31.5 Å². The van der Waals surface area contributed by atoms with Crippen LogP contribution in [0.5, 0.6) is 0 Å². The number of aliphatic carboxylic acids is 1. The number of nitrogens with zero attached hydrogens (tertiary/aromatic N) is 2. The molecule has 25 heavy (non-hydrogen) atoms. The van der Waals surface area contributed by atoms with E-state index in [9.17, 15) is 13.2 Å². The van der Waals surface area contributed by atoms with Gasteiger partial charge in [0, 0.05) is 23.7 Å². The van der Waals surface area contributed by atoms with E-state index in [1.54, 1.807) is 6.07 Å². The lowest BCUT2D eigenvalue weighted by Crippen LogP contribution is -2.54. The number of para-hydroxylation sites is 1. The van der Waals surface area contributed by atoms with Crippen LogP contribution in [-0.4, -0.2) is 54.6 Å². The lowest BCUT2D eigenvalue weighted by atomic mass is 9.86. The summed E-state index contributed by atoms with van der Waals surface area (Å²) in [5.41, 5.74) is 0.748. The van der Waals surface area contributed by atoms with Crippen LogP contribution >= 0.6 is 0 Å². The molecule has 0 saturated heterocycles. The quantitative estimate of drug-likeness (QED) is 0.772. The van der Waals surface area contributed by atoms with Crippen LogP contribution < -0.4 is 4.72 Å². The first-order chi connectivity index (χ1) is 11.9. The zero-order valence-corrected chi connectivity index (χ0v) is 14.7. The normalized spacial score (nSPS) is 20.6. The van der Waals surface area contributed by atoms with Crippen molar-refractivity contribution in [1.82, 2.24) is 14.6 Å². The van der Waals surface area contributed by atoms with Gasteiger partial charge in [-0.3, -0.25) is 14.7 Å². The van der Waals surface area contributed by atoms with Crippen molar-refractivity contribution in [2.24, 2.45) is 0 Å². The third-order valence-electron chi connectivity index (χ3n) is 4.57. The van der Waals surface area contributed by atoms with Gasteiger partial charge in [0.25, 0.3) is 0 Å². The number of pyridine rings is 1. The zero-order chi connectivity index (χ0) is 18.0. The number of benzene rings is 1. The Bertz CT molecular complexity index is 878. The lowest BCUT2D eigenvalue weighted by Gasteiger charge is -2.42. The summed E-state index contributed by atoms with van der Waals surface area (Å²) in [4.78, 5) is 17.0. The van der Waals surface area contributed by atoms with Gasteiger partial charge in [0.2, 0.25) is 10.0 Å². The Balaban J connectivity index is 1.65. The molecule has 1 saturated carbocycles. The van der Waals surface area contributed by atoms with Crippen molar-refractivity contribution in [2.45, 2.75) is 36.7 Å². The first kappa shape index (κ1) is 17.8. The third kappa shape index (κ3) is 3.97. The molecular formula is C17H21N3O4S. The molecule has 1 fully saturated rings. The van der Waals surface area contributed by atoms with Gasteiger partial charge in [0.15, 0.2) is 0 Å². The topological polar surface area (TPSA) is 99.6 Å². The Hall–Kier alpha value is -2.03. The van der Waals surface area contributed by atoms with Crippen molar-refractivity contribution >= 4 is 26.9 Å². The number of hydrogen-bond donors (Lipinski definition) is 2. The zero-order valence-electron chi connectivity index (χ0n) is 13.9. The third-order valence-corrected chi connectivity index (χ3v) is 6.06. The maximum Gasteiger partial charge on any atom is 0.317 e. The number of rotatable bonds is 7. The average molecular weight is 363 g/mol. The van der Waals surface area contributed by atoms with Crippen LogP contribution in [0.4, 0.5) is 0 Å². The highest BCUT2D eigenvalue weighted by molar-refractivity contribution is 7.89. The Morgan fingerprint density at radius 1 is 1.36 bits per heavy atom. The molecule has 0 spiro atoms. The maximum atomic E-state index is 12.5. The summed E-state index contributed by atoms with van der Waals surface area (Å²) in [6, 6.07) is 8.89. The van der Waals surface area contributed by atoms with Crippen molar-refractivity contribution in [2.75, 3.05) is 13.1 Å². The number of likely N-dealkylation sites (N-methyl/N-ethyl adjacent to an activating group) is 1. The summed E-state index contributed by atoms with van der Waals surface area (Å²) in [7, 11) is -3.64. The first-order valence-electron chi connectivity index (χ1n) is 8.22. The minimum atomic E-state index is -3.64. The fourth-order valence-electron chi connectivity index (χ4n) is 3.14. The van der Waals surface area contributed by atoms with Crippen LogP contribution in [0.1, 0.15) is 19.8 Å². The van der Waals surface area contributed by atoms with E-state index >= 15 is 0 Å². The molecule has 1 aliphatic rings. The van der Waals surface area contributed by atoms with Gasteiger partial charge in [-0.25, -0.2) is 13.1 Å². The molecule has 0 amide bonds. The van der Waals surface area contributed by atoms with Gasteiger partial charge in [0.1, 0.15) is 4.90 Å². The summed E-state index contributed by atoms with van der Waals surface area (Å²) >= 11 is 0. The van der Waals surface area contributed by atoms with E-state index < -0.39 is 16.0 Å². The van der Waals surface area contributed by atoms with Gasteiger partial charge in [-0.15, -0.1) is 0 Å². The van der Waals surface area contributed by atoms with Gasteiger partial charge in [-0.2, -0.15) is 0 Å². The number of sulfonamides is 1. The first-order valence-corrected chi connectivity index (χ1v) is 9.70. The van der Waals surface area contributed by atoms with Gasteiger partial charge < -0.3 is 5.11 Å². The number of aromatic nitrogens is 1. The molecule has 1 aromatic carbocycles. The molecule has 134 valence electrons. The number of carboxylic acids is 1. The van der Waals surface area contributed by atoms with Gasteiger partial charge >= 0.3 is 5.97 Å². The highest BCUT2D eigenvalue weighted by atomic mass is 32.2. The highest BCUT2D eigenvalue weighted by Crippen LogP contribution is 2.27. The van der Waals surface area contributed by atoms with Crippen LogP contribution in [0.2, 0.25) is 0 Å². The van der Waals surface area contributed by atoms with Crippen LogP contribution in [0.15, 0.2) is 41.4 Å². The van der Waals surface area contributed by atoms with Crippen molar-refractivity contribution in [3.05, 3.63) is 36.5 Å². The minimum Gasteiger partial charge on any atom is -0.480 e. The predicted octanol–water partition coefficient (Wildman–Crippen LogP) is 1.45. The summed E-state index contributed by atoms with van der Waals surface area (Å²) in [5, 5.41) is 9.68. The van der Waals surface area contributed by atoms with Crippen molar-refractivity contribution in [3.63, 3.8) is 0 Å². The Kier molecular flexibility index (Phi) is 5.03. The Labute approximate surface area is 146 Å². The smallest absolute Gasteiger partial charge is 0.317 e. The molecule has 1 aromatic heterocycles. The second-order valence-electron chi connectivity index (χ2n) is 6.26. The fourth-order valence-corrected chi connectivity index (χ4v) is 4.38.